The number of ether oxygens (including phenoxy) is 4. The number of allylic oxidation sites excluding steroid dienone is 3. The van der Waals surface area contributed by atoms with E-state index in [-0.39, 0.29) is 12.2 Å². The summed E-state index contributed by atoms with van der Waals surface area (Å²) in [7, 11) is 0. The molecule has 12 nitrogen and oxygen atoms in total. The summed E-state index contributed by atoms with van der Waals surface area (Å²) in [4.78, 5) is 11.5. The van der Waals surface area contributed by atoms with E-state index in [1.807, 2.05) is 13.8 Å². The third kappa shape index (κ3) is 5.74. The zero-order chi connectivity index (χ0) is 27.0. The molecule has 0 radical (unpaired) electrons. The van der Waals surface area contributed by atoms with Gasteiger partial charge in [-0.3, -0.25) is 4.79 Å². The van der Waals surface area contributed by atoms with Crippen LogP contribution in [0.1, 0.15) is 34.1 Å². The highest BCUT2D eigenvalue weighted by atomic mass is 16.8. The highest BCUT2D eigenvalue weighted by molar-refractivity contribution is 5.87. The molecule has 0 saturated carbocycles. The summed E-state index contributed by atoms with van der Waals surface area (Å²) in [5.74, 6) is -0.149. The average Bonchev–Trinajstić information content (AvgIpc) is 3.27. The van der Waals surface area contributed by atoms with Crippen LogP contribution in [0.2, 0.25) is 0 Å². The molecule has 2 heterocycles. The molecule has 10 atom stereocenters. The molecule has 7 N–H and O–H groups in total. The molecule has 0 aromatic carbocycles. The van der Waals surface area contributed by atoms with E-state index in [9.17, 15) is 40.5 Å². The molecule has 2 aliphatic heterocycles. The summed E-state index contributed by atoms with van der Waals surface area (Å²) in [6, 6.07) is 0. The highest BCUT2D eigenvalue weighted by Crippen LogP contribution is 2.43. The Bertz CT molecular complexity index is 856. The lowest BCUT2D eigenvalue weighted by molar-refractivity contribution is -0.257. The Morgan fingerprint density at radius 2 is 1.86 bits per heavy atom. The number of carbonyl (C=O) groups is 1. The van der Waals surface area contributed by atoms with Crippen LogP contribution >= 0.6 is 0 Å². The zero-order valence-corrected chi connectivity index (χ0v) is 20.9. The maximum Gasteiger partial charge on any atom is 0.187 e. The van der Waals surface area contributed by atoms with Crippen molar-refractivity contribution in [2.75, 3.05) is 19.8 Å². The fourth-order valence-electron chi connectivity index (χ4n) is 5.01. The quantitative estimate of drug-likeness (QED) is 0.164. The maximum absolute atomic E-state index is 11.5. The van der Waals surface area contributed by atoms with Crippen LogP contribution in [0.4, 0.5) is 0 Å². The molecular formula is C24H38O12. The third-order valence-electron chi connectivity index (χ3n) is 7.09. The first-order valence-corrected chi connectivity index (χ1v) is 11.9. The van der Waals surface area contributed by atoms with E-state index in [1.54, 1.807) is 13.0 Å². The first-order valence-electron chi connectivity index (χ1n) is 11.9. The van der Waals surface area contributed by atoms with Gasteiger partial charge in [-0.1, -0.05) is 19.9 Å². The fraction of sp³-hybridized carbons (Fsp3) is 0.792. The van der Waals surface area contributed by atoms with E-state index >= 15 is 0 Å². The molecular weight excluding hydrogens is 480 g/mol. The summed E-state index contributed by atoms with van der Waals surface area (Å²) >= 11 is 0. The fourth-order valence-corrected chi connectivity index (χ4v) is 5.01. The van der Waals surface area contributed by atoms with Gasteiger partial charge in [-0.25, -0.2) is 0 Å². The van der Waals surface area contributed by atoms with Crippen LogP contribution in [0.25, 0.3) is 0 Å². The predicted octanol–water partition coefficient (Wildman–Crippen LogP) is -2.11. The number of aliphatic hydroxyl groups is 7. The molecule has 0 aromatic rings. The van der Waals surface area contributed by atoms with Crippen molar-refractivity contribution in [1.82, 2.24) is 0 Å². The van der Waals surface area contributed by atoms with Gasteiger partial charge in [0.05, 0.1) is 25.9 Å². The maximum atomic E-state index is 11.5. The van der Waals surface area contributed by atoms with Gasteiger partial charge >= 0.3 is 0 Å². The first kappa shape index (κ1) is 29.3. The van der Waals surface area contributed by atoms with Crippen molar-refractivity contribution in [2.45, 2.75) is 95.0 Å². The lowest BCUT2D eigenvalue weighted by Crippen LogP contribution is -2.50. The number of hydrogen-bond donors (Lipinski definition) is 7. The van der Waals surface area contributed by atoms with Crippen LogP contribution in [0.3, 0.4) is 0 Å². The van der Waals surface area contributed by atoms with Gasteiger partial charge < -0.3 is 54.7 Å². The molecule has 206 valence electrons. The van der Waals surface area contributed by atoms with Gasteiger partial charge in [0.15, 0.2) is 18.4 Å². The largest absolute Gasteiger partial charge is 0.394 e. The van der Waals surface area contributed by atoms with Gasteiger partial charge in [0.25, 0.3) is 0 Å². The van der Waals surface area contributed by atoms with Crippen molar-refractivity contribution < 1.29 is 59.5 Å². The average molecular weight is 519 g/mol. The number of ketones is 1. The van der Waals surface area contributed by atoms with Gasteiger partial charge in [-0.2, -0.15) is 0 Å². The summed E-state index contributed by atoms with van der Waals surface area (Å²) < 4.78 is 22.7. The van der Waals surface area contributed by atoms with E-state index in [0.29, 0.717) is 5.57 Å². The second-order valence-electron chi connectivity index (χ2n) is 10.4. The van der Waals surface area contributed by atoms with Crippen molar-refractivity contribution in [3.63, 3.8) is 0 Å². The van der Waals surface area contributed by atoms with Crippen LogP contribution in [-0.4, -0.2) is 122 Å². The molecule has 10 unspecified atom stereocenters. The Balaban J connectivity index is 1.89. The Morgan fingerprint density at radius 1 is 1.19 bits per heavy atom. The number of aliphatic hydroxyl groups excluding tert-OH is 6. The Kier molecular flexibility index (Phi) is 9.12. The Morgan fingerprint density at radius 3 is 2.42 bits per heavy atom. The minimum absolute atomic E-state index is 0.149. The number of hydrogen-bond acceptors (Lipinski definition) is 12. The molecule has 3 aliphatic rings. The van der Waals surface area contributed by atoms with E-state index in [2.05, 4.69) is 0 Å². The summed E-state index contributed by atoms with van der Waals surface area (Å²) in [6.07, 6.45) is -8.83. The molecule has 0 aromatic heterocycles. The van der Waals surface area contributed by atoms with E-state index in [0.717, 1.165) is 5.57 Å². The van der Waals surface area contributed by atoms with Gasteiger partial charge in [0, 0.05) is 0 Å². The van der Waals surface area contributed by atoms with Crippen molar-refractivity contribution in [2.24, 2.45) is 5.41 Å². The highest BCUT2D eigenvalue weighted by Gasteiger charge is 2.55. The van der Waals surface area contributed by atoms with Crippen LogP contribution in [0.5, 0.6) is 0 Å². The molecule has 12 heteroatoms. The SMILES string of the molecule is CC(=O)C=CC1=C(C)C(OC2OC(C(O)CO)C(O)C2OC2OCC(O)(CO)C2O)C(O)CC1(C)C. The van der Waals surface area contributed by atoms with E-state index in [1.165, 1.54) is 13.0 Å². The molecule has 3 rings (SSSR count). The summed E-state index contributed by atoms with van der Waals surface area (Å²) in [5.41, 5.74) is -1.06. The monoisotopic (exact) mass is 518 g/mol. The topological polar surface area (TPSA) is 196 Å². The molecule has 2 fully saturated rings. The minimum Gasteiger partial charge on any atom is -0.394 e. The molecule has 36 heavy (non-hydrogen) atoms. The predicted molar refractivity (Wildman–Crippen MR) is 122 cm³/mol. The first-order chi connectivity index (χ1) is 16.8. The standard InChI is InChI=1S/C24H38O12/c1-11(27)5-6-13-12(2)17(14(28)7-23(13,3)4)34-21-19(16(30)18(35-21)15(29)8-25)36-22-20(31)24(32,9-26)10-33-22/h5-6,14-22,25-26,28-32H,7-10H2,1-4H3. The van der Waals surface area contributed by atoms with Crippen molar-refractivity contribution in [3.8, 4) is 0 Å². The van der Waals surface area contributed by atoms with Crippen LogP contribution < -0.4 is 0 Å². The molecule has 0 spiro atoms. The molecule has 2 saturated heterocycles. The van der Waals surface area contributed by atoms with E-state index in [4.69, 9.17) is 18.9 Å². The van der Waals surface area contributed by atoms with Crippen LogP contribution in [0, 0.1) is 5.41 Å². The summed E-state index contributed by atoms with van der Waals surface area (Å²) in [6.45, 7) is 5.04. The second-order valence-corrected chi connectivity index (χ2v) is 10.4. The minimum atomic E-state index is -1.97. The van der Waals surface area contributed by atoms with Gasteiger partial charge in [-0.15, -0.1) is 0 Å². The smallest absolute Gasteiger partial charge is 0.187 e. The van der Waals surface area contributed by atoms with Crippen LogP contribution in [-0.2, 0) is 23.7 Å². The van der Waals surface area contributed by atoms with E-state index < -0.39 is 86.1 Å². The summed E-state index contributed by atoms with van der Waals surface area (Å²) in [5, 5.41) is 71.3. The lowest BCUT2D eigenvalue weighted by Gasteiger charge is -2.41. The lowest BCUT2D eigenvalue weighted by atomic mass is 9.70. The third-order valence-corrected chi connectivity index (χ3v) is 7.09. The van der Waals surface area contributed by atoms with Gasteiger partial charge in [-0.05, 0) is 42.9 Å². The molecule has 0 amide bonds. The second kappa shape index (κ2) is 11.2. The van der Waals surface area contributed by atoms with Crippen molar-refractivity contribution in [3.05, 3.63) is 23.3 Å². The van der Waals surface area contributed by atoms with Gasteiger partial charge in [0.2, 0.25) is 0 Å². The van der Waals surface area contributed by atoms with Crippen molar-refractivity contribution >= 4 is 5.78 Å². The Hall–Kier alpha value is -1.29. The van der Waals surface area contributed by atoms with Gasteiger partial charge in [0.1, 0.15) is 42.2 Å². The van der Waals surface area contributed by atoms with Crippen molar-refractivity contribution in [1.29, 1.82) is 0 Å². The normalized spacial score (nSPS) is 41.9. The number of rotatable bonds is 9. The molecule has 0 bridgehead atoms. The number of carbonyl (C=O) groups excluding carboxylic acids is 1. The molecule has 1 aliphatic carbocycles. The van der Waals surface area contributed by atoms with Crippen LogP contribution in [0.15, 0.2) is 23.3 Å². The Labute approximate surface area is 209 Å². The zero-order valence-electron chi connectivity index (χ0n) is 20.9.